The Hall–Kier alpha value is -2.96. The number of nitrogens with one attached hydrogen (secondary N) is 2. The summed E-state index contributed by atoms with van der Waals surface area (Å²) in [5.41, 5.74) is 0.312. The lowest BCUT2D eigenvalue weighted by atomic mass is 10.2. The van der Waals surface area contributed by atoms with Crippen LogP contribution in [0.5, 0.6) is 17.2 Å². The first-order valence-electron chi connectivity index (χ1n) is 6.15. The highest BCUT2D eigenvalue weighted by Crippen LogP contribution is 2.34. The van der Waals surface area contributed by atoms with Crippen molar-refractivity contribution in [1.29, 1.82) is 0 Å². The first-order chi connectivity index (χ1) is 10.2. The van der Waals surface area contributed by atoms with Crippen LogP contribution in [0.2, 0.25) is 0 Å². The molecule has 2 heterocycles. The first kappa shape index (κ1) is 13.0. The van der Waals surface area contributed by atoms with Crippen LogP contribution >= 0.6 is 0 Å². The second-order valence-corrected chi connectivity index (χ2v) is 4.30. The van der Waals surface area contributed by atoms with Gasteiger partial charge in [0, 0.05) is 24.0 Å². The fourth-order valence-electron chi connectivity index (χ4n) is 1.92. The number of carbonyl (C=O) groups excluding carboxylic acids is 1. The summed E-state index contributed by atoms with van der Waals surface area (Å²) < 4.78 is 15.3. The van der Waals surface area contributed by atoms with Crippen LogP contribution in [0.1, 0.15) is 10.5 Å². The van der Waals surface area contributed by atoms with Crippen LogP contribution in [0.25, 0.3) is 0 Å². The van der Waals surface area contributed by atoms with E-state index in [0.717, 1.165) is 0 Å². The molecule has 2 aromatic rings. The van der Waals surface area contributed by atoms with Gasteiger partial charge in [0.2, 0.25) is 12.2 Å². The molecule has 1 aliphatic rings. The van der Waals surface area contributed by atoms with E-state index < -0.39 is 5.91 Å². The van der Waals surface area contributed by atoms with E-state index >= 15 is 0 Å². The summed E-state index contributed by atoms with van der Waals surface area (Å²) in [6, 6.07) is 6.23. The third kappa shape index (κ3) is 2.53. The maximum atomic E-state index is 12.1. The van der Waals surface area contributed by atoms with Gasteiger partial charge in [-0.1, -0.05) is 0 Å². The first-order valence-corrected chi connectivity index (χ1v) is 6.15. The van der Waals surface area contributed by atoms with E-state index in [1.807, 2.05) is 0 Å². The SMILES string of the molecule is COc1c[nH]c(C(=O)Nc2ccc3c(c2)OCO3)cc1=O. The van der Waals surface area contributed by atoms with Gasteiger partial charge in [-0.05, 0) is 12.1 Å². The molecule has 0 aliphatic carbocycles. The van der Waals surface area contributed by atoms with Crippen LogP contribution < -0.4 is 25.0 Å². The Balaban J connectivity index is 1.80. The van der Waals surface area contributed by atoms with Crippen LogP contribution in [-0.4, -0.2) is 24.8 Å². The van der Waals surface area contributed by atoms with Gasteiger partial charge >= 0.3 is 0 Å². The van der Waals surface area contributed by atoms with Gasteiger partial charge in [-0.25, -0.2) is 0 Å². The van der Waals surface area contributed by atoms with E-state index in [1.54, 1.807) is 18.2 Å². The van der Waals surface area contributed by atoms with Crippen LogP contribution in [-0.2, 0) is 0 Å². The Kier molecular flexibility index (Phi) is 3.23. The number of amides is 1. The Labute approximate surface area is 119 Å². The monoisotopic (exact) mass is 288 g/mol. The molecule has 0 saturated carbocycles. The van der Waals surface area contributed by atoms with E-state index in [0.29, 0.717) is 17.2 Å². The van der Waals surface area contributed by atoms with Crippen molar-refractivity contribution in [2.24, 2.45) is 0 Å². The fraction of sp³-hybridized carbons (Fsp3) is 0.143. The molecule has 0 unspecified atom stereocenters. The van der Waals surface area contributed by atoms with Crippen molar-refractivity contribution >= 4 is 11.6 Å². The number of H-pyrrole nitrogens is 1. The van der Waals surface area contributed by atoms with Crippen molar-refractivity contribution in [2.75, 3.05) is 19.2 Å². The summed E-state index contributed by atoms with van der Waals surface area (Å²) in [7, 11) is 1.39. The minimum Gasteiger partial charge on any atom is -0.491 e. The number of rotatable bonds is 3. The van der Waals surface area contributed by atoms with Gasteiger partial charge in [-0.15, -0.1) is 0 Å². The molecule has 0 atom stereocenters. The van der Waals surface area contributed by atoms with E-state index in [2.05, 4.69) is 10.3 Å². The summed E-state index contributed by atoms with van der Waals surface area (Å²) in [5, 5.41) is 2.67. The predicted octanol–water partition coefficient (Wildman–Crippen LogP) is 1.36. The number of hydrogen-bond donors (Lipinski definition) is 2. The lowest BCUT2D eigenvalue weighted by Crippen LogP contribution is -2.17. The minimum atomic E-state index is -0.436. The molecule has 0 bridgehead atoms. The van der Waals surface area contributed by atoms with Gasteiger partial charge in [-0.2, -0.15) is 0 Å². The van der Waals surface area contributed by atoms with Gasteiger partial charge in [0.15, 0.2) is 17.2 Å². The van der Waals surface area contributed by atoms with Gasteiger partial charge < -0.3 is 24.5 Å². The quantitative estimate of drug-likeness (QED) is 0.890. The number of aromatic nitrogens is 1. The number of methoxy groups -OCH3 is 1. The zero-order valence-electron chi connectivity index (χ0n) is 11.1. The van der Waals surface area contributed by atoms with Gasteiger partial charge in [0.05, 0.1) is 7.11 Å². The minimum absolute atomic E-state index is 0.137. The molecule has 0 saturated heterocycles. The third-order valence-electron chi connectivity index (χ3n) is 2.97. The highest BCUT2D eigenvalue weighted by atomic mass is 16.7. The third-order valence-corrected chi connectivity index (χ3v) is 2.97. The molecule has 1 aromatic carbocycles. The van der Waals surface area contributed by atoms with Crippen molar-refractivity contribution in [3.63, 3.8) is 0 Å². The van der Waals surface area contributed by atoms with Crippen LogP contribution in [0.4, 0.5) is 5.69 Å². The molecule has 0 fully saturated rings. The van der Waals surface area contributed by atoms with Gasteiger partial charge in [-0.3, -0.25) is 9.59 Å². The normalized spacial score (nSPS) is 12.0. The van der Waals surface area contributed by atoms with E-state index in [1.165, 1.54) is 19.4 Å². The number of fused-ring (bicyclic) bond motifs is 1. The molecule has 0 spiro atoms. The summed E-state index contributed by atoms with van der Waals surface area (Å²) in [4.78, 5) is 26.4. The number of carbonyl (C=O) groups is 1. The lowest BCUT2D eigenvalue weighted by Gasteiger charge is -2.06. The molecule has 1 aliphatic heterocycles. The van der Waals surface area contributed by atoms with Gasteiger partial charge in [0.25, 0.3) is 5.91 Å². The van der Waals surface area contributed by atoms with Gasteiger partial charge in [0.1, 0.15) is 5.69 Å². The molecular weight excluding hydrogens is 276 g/mol. The Morgan fingerprint density at radius 3 is 2.86 bits per heavy atom. The van der Waals surface area contributed by atoms with Crippen LogP contribution in [0.3, 0.4) is 0 Å². The zero-order chi connectivity index (χ0) is 14.8. The van der Waals surface area contributed by atoms with E-state index in [-0.39, 0.29) is 23.7 Å². The van der Waals surface area contributed by atoms with Crippen molar-refractivity contribution in [1.82, 2.24) is 4.98 Å². The Bertz CT molecular complexity index is 753. The molecular formula is C14H12N2O5. The molecule has 108 valence electrons. The van der Waals surface area contributed by atoms with E-state index in [4.69, 9.17) is 14.2 Å². The number of benzene rings is 1. The molecule has 21 heavy (non-hydrogen) atoms. The topological polar surface area (TPSA) is 89.7 Å². The average molecular weight is 288 g/mol. The standard InChI is InChI=1S/C14H12N2O5/c1-19-13-6-15-9(5-10(13)17)14(18)16-8-2-3-11-12(4-8)21-7-20-11/h2-6H,7H2,1H3,(H,15,17)(H,16,18). The lowest BCUT2D eigenvalue weighted by molar-refractivity contribution is 0.102. The summed E-state index contributed by atoms with van der Waals surface area (Å²) in [6.07, 6.45) is 1.34. The average Bonchev–Trinajstić information content (AvgIpc) is 2.94. The number of ether oxygens (including phenoxy) is 3. The highest BCUT2D eigenvalue weighted by molar-refractivity contribution is 6.03. The van der Waals surface area contributed by atoms with Crippen molar-refractivity contribution in [2.45, 2.75) is 0 Å². The summed E-state index contributed by atoms with van der Waals surface area (Å²) in [6.45, 7) is 0.165. The predicted molar refractivity (Wildman–Crippen MR) is 74.1 cm³/mol. The maximum absolute atomic E-state index is 12.1. The fourth-order valence-corrected chi connectivity index (χ4v) is 1.92. The van der Waals surface area contributed by atoms with Crippen molar-refractivity contribution in [3.05, 3.63) is 46.4 Å². The second-order valence-electron chi connectivity index (χ2n) is 4.30. The molecule has 2 N–H and O–H groups in total. The molecule has 3 rings (SSSR count). The van der Waals surface area contributed by atoms with E-state index in [9.17, 15) is 9.59 Å². The number of aromatic amines is 1. The maximum Gasteiger partial charge on any atom is 0.272 e. The smallest absolute Gasteiger partial charge is 0.272 e. The number of pyridine rings is 1. The molecule has 7 nitrogen and oxygen atoms in total. The molecule has 7 heteroatoms. The molecule has 1 amide bonds. The second kappa shape index (κ2) is 5.20. The van der Waals surface area contributed by atoms with Crippen molar-refractivity contribution < 1.29 is 19.0 Å². The Morgan fingerprint density at radius 1 is 1.29 bits per heavy atom. The highest BCUT2D eigenvalue weighted by Gasteiger charge is 2.15. The number of anilines is 1. The van der Waals surface area contributed by atoms with Crippen molar-refractivity contribution in [3.8, 4) is 17.2 Å². The molecule has 0 radical (unpaired) electrons. The van der Waals surface area contributed by atoms with Crippen LogP contribution in [0.15, 0.2) is 35.3 Å². The number of hydrogen-bond acceptors (Lipinski definition) is 5. The largest absolute Gasteiger partial charge is 0.491 e. The van der Waals surface area contributed by atoms with Crippen LogP contribution in [0, 0.1) is 0 Å². The Morgan fingerprint density at radius 2 is 2.10 bits per heavy atom. The molecule has 1 aromatic heterocycles. The summed E-state index contributed by atoms with van der Waals surface area (Å²) >= 11 is 0. The zero-order valence-corrected chi connectivity index (χ0v) is 11.1. The summed E-state index contributed by atoms with van der Waals surface area (Å²) in [5.74, 6) is 0.908.